The van der Waals surface area contributed by atoms with E-state index in [1.165, 1.54) is 24.2 Å². The van der Waals surface area contributed by atoms with Gasteiger partial charge in [-0.1, -0.05) is 18.5 Å². The maximum Gasteiger partial charge on any atom is 0.268 e. The van der Waals surface area contributed by atoms with E-state index in [0.717, 1.165) is 45.6 Å². The second-order valence-corrected chi connectivity index (χ2v) is 7.72. The first-order valence-corrected chi connectivity index (χ1v) is 8.87. The van der Waals surface area contributed by atoms with Gasteiger partial charge in [0.2, 0.25) is 0 Å². The van der Waals surface area contributed by atoms with Crippen molar-refractivity contribution in [2.75, 3.05) is 0 Å². The summed E-state index contributed by atoms with van der Waals surface area (Å²) < 4.78 is 3.91. The minimum Gasteiger partial charge on any atom is -0.348 e. The topological polar surface area (TPSA) is 34.0 Å². The summed E-state index contributed by atoms with van der Waals surface area (Å²) in [6.07, 6.45) is 4.62. The molecule has 0 unspecified atom stereocenters. The average molecular weight is 325 g/mol. The lowest BCUT2D eigenvalue weighted by molar-refractivity contribution is 0.0914. The summed E-state index contributed by atoms with van der Waals surface area (Å²) in [5, 5.41) is 3.21. The van der Waals surface area contributed by atoms with E-state index < -0.39 is 0 Å². The molecule has 1 amide bonds. The molecule has 2 heterocycles. The molecule has 1 fully saturated rings. The fraction of sp³-hybridized carbons (Fsp3) is 0.562. The number of nitrogens with zero attached hydrogens (tertiary/aromatic N) is 1. The van der Waals surface area contributed by atoms with Crippen molar-refractivity contribution in [2.45, 2.75) is 52.1 Å². The number of nitrogens with one attached hydrogen (secondary N) is 1. The standard InChI is InChI=1S/C16H21ClN2OS/c1-3-19-12-9-15(17)21-14(12)8-13(19)16(20)18-11-6-4-10(2)5-7-11/h8-11H,3-7H2,1-2H3,(H,18,20). The minimum absolute atomic E-state index is 0.0518. The van der Waals surface area contributed by atoms with Crippen molar-refractivity contribution in [2.24, 2.45) is 5.92 Å². The highest BCUT2D eigenvalue weighted by atomic mass is 35.5. The van der Waals surface area contributed by atoms with Gasteiger partial charge in [0.25, 0.3) is 5.91 Å². The van der Waals surface area contributed by atoms with Gasteiger partial charge in [0.15, 0.2) is 0 Å². The highest BCUT2D eigenvalue weighted by Gasteiger charge is 2.22. The molecule has 0 bridgehead atoms. The molecule has 0 atom stereocenters. The van der Waals surface area contributed by atoms with E-state index in [1.807, 2.05) is 12.1 Å². The number of aromatic nitrogens is 1. The van der Waals surface area contributed by atoms with E-state index in [-0.39, 0.29) is 5.91 Å². The lowest BCUT2D eigenvalue weighted by Gasteiger charge is -2.27. The second kappa shape index (κ2) is 6.01. The van der Waals surface area contributed by atoms with Crippen molar-refractivity contribution in [3.05, 3.63) is 22.2 Å². The molecule has 1 saturated carbocycles. The van der Waals surface area contributed by atoms with Crippen molar-refractivity contribution in [1.29, 1.82) is 0 Å². The van der Waals surface area contributed by atoms with Crippen LogP contribution in [0.4, 0.5) is 0 Å². The summed E-state index contributed by atoms with van der Waals surface area (Å²) in [7, 11) is 0. The number of hydrogen-bond donors (Lipinski definition) is 1. The van der Waals surface area contributed by atoms with E-state index in [9.17, 15) is 4.79 Å². The second-order valence-electron chi connectivity index (χ2n) is 6.00. The van der Waals surface area contributed by atoms with Crippen LogP contribution < -0.4 is 5.32 Å². The number of rotatable bonds is 3. The van der Waals surface area contributed by atoms with Crippen molar-refractivity contribution >= 4 is 39.1 Å². The molecule has 3 nitrogen and oxygen atoms in total. The zero-order chi connectivity index (χ0) is 15.0. The number of aryl methyl sites for hydroxylation is 1. The number of thiophene rings is 1. The molecule has 0 aliphatic heterocycles. The smallest absolute Gasteiger partial charge is 0.268 e. The number of amides is 1. The first-order valence-electron chi connectivity index (χ1n) is 7.68. The number of carbonyl (C=O) groups excluding carboxylic acids is 1. The Labute approximate surface area is 134 Å². The van der Waals surface area contributed by atoms with Crippen LogP contribution in [0.15, 0.2) is 12.1 Å². The quantitative estimate of drug-likeness (QED) is 0.873. The van der Waals surface area contributed by atoms with E-state index in [4.69, 9.17) is 11.6 Å². The Morgan fingerprint density at radius 2 is 2.10 bits per heavy atom. The molecule has 0 aromatic carbocycles. The fourth-order valence-corrected chi connectivity index (χ4v) is 4.38. The van der Waals surface area contributed by atoms with Crippen molar-refractivity contribution in [1.82, 2.24) is 9.88 Å². The summed E-state index contributed by atoms with van der Waals surface area (Å²) in [6.45, 7) is 5.13. The van der Waals surface area contributed by atoms with E-state index in [1.54, 1.807) is 0 Å². The average Bonchev–Trinajstić information content (AvgIpc) is 2.96. The molecule has 5 heteroatoms. The molecule has 2 aromatic heterocycles. The molecular formula is C16H21ClN2OS. The van der Waals surface area contributed by atoms with Gasteiger partial charge in [0.1, 0.15) is 5.69 Å². The van der Waals surface area contributed by atoms with E-state index in [0.29, 0.717) is 6.04 Å². The van der Waals surface area contributed by atoms with Crippen LogP contribution in [0.25, 0.3) is 10.2 Å². The summed E-state index contributed by atoms with van der Waals surface area (Å²) >= 11 is 7.59. The lowest BCUT2D eigenvalue weighted by atomic mass is 9.87. The van der Waals surface area contributed by atoms with Crippen molar-refractivity contribution in [3.8, 4) is 0 Å². The molecule has 1 aliphatic carbocycles. The molecular weight excluding hydrogens is 304 g/mol. The lowest BCUT2D eigenvalue weighted by Crippen LogP contribution is -2.38. The zero-order valence-electron chi connectivity index (χ0n) is 12.5. The van der Waals surface area contributed by atoms with Gasteiger partial charge in [-0.25, -0.2) is 0 Å². The molecule has 21 heavy (non-hydrogen) atoms. The van der Waals surface area contributed by atoms with Crippen LogP contribution in [0.2, 0.25) is 4.34 Å². The largest absolute Gasteiger partial charge is 0.348 e. The number of halogens is 1. The zero-order valence-corrected chi connectivity index (χ0v) is 14.1. The van der Waals surface area contributed by atoms with Crippen molar-refractivity contribution in [3.63, 3.8) is 0 Å². The number of fused-ring (bicyclic) bond motifs is 1. The van der Waals surface area contributed by atoms with E-state index >= 15 is 0 Å². The van der Waals surface area contributed by atoms with Gasteiger partial charge in [-0.15, -0.1) is 11.3 Å². The third kappa shape index (κ3) is 2.97. The Balaban J connectivity index is 1.79. The third-order valence-electron chi connectivity index (χ3n) is 4.46. The molecule has 0 saturated heterocycles. The maximum absolute atomic E-state index is 12.6. The summed E-state index contributed by atoms with van der Waals surface area (Å²) in [6, 6.07) is 4.25. The Morgan fingerprint density at radius 3 is 2.76 bits per heavy atom. The van der Waals surface area contributed by atoms with Crippen LogP contribution in [-0.4, -0.2) is 16.5 Å². The molecule has 0 radical (unpaired) electrons. The van der Waals surface area contributed by atoms with Crippen LogP contribution >= 0.6 is 22.9 Å². The fourth-order valence-electron chi connectivity index (χ4n) is 3.20. The van der Waals surface area contributed by atoms with Crippen molar-refractivity contribution < 1.29 is 4.79 Å². The normalized spacial score (nSPS) is 22.6. The molecule has 2 aromatic rings. The van der Waals surface area contributed by atoms with Gasteiger partial charge in [0.05, 0.1) is 14.6 Å². The Bertz CT molecular complexity index is 653. The van der Waals surface area contributed by atoms with Gasteiger partial charge in [-0.2, -0.15) is 0 Å². The molecule has 3 rings (SSSR count). The van der Waals surface area contributed by atoms with Crippen LogP contribution in [0.3, 0.4) is 0 Å². The van der Waals surface area contributed by atoms with Gasteiger partial charge in [-0.05, 0) is 50.7 Å². The highest BCUT2D eigenvalue weighted by molar-refractivity contribution is 7.22. The Kier molecular flexibility index (Phi) is 4.27. The molecule has 114 valence electrons. The van der Waals surface area contributed by atoms with Gasteiger partial charge < -0.3 is 9.88 Å². The molecule has 1 N–H and O–H groups in total. The van der Waals surface area contributed by atoms with Crippen LogP contribution in [0.1, 0.15) is 50.0 Å². The first kappa shape index (κ1) is 14.9. The third-order valence-corrected chi connectivity index (χ3v) is 5.66. The highest BCUT2D eigenvalue weighted by Crippen LogP contribution is 2.32. The summed E-state index contributed by atoms with van der Waals surface area (Å²) in [4.78, 5) is 12.6. The summed E-state index contributed by atoms with van der Waals surface area (Å²) in [5.74, 6) is 0.848. The van der Waals surface area contributed by atoms with Gasteiger partial charge in [-0.3, -0.25) is 4.79 Å². The molecule has 0 spiro atoms. The minimum atomic E-state index is 0.0518. The Morgan fingerprint density at radius 1 is 1.38 bits per heavy atom. The monoisotopic (exact) mass is 324 g/mol. The van der Waals surface area contributed by atoms with Gasteiger partial charge >= 0.3 is 0 Å². The number of carbonyl (C=O) groups is 1. The first-order chi connectivity index (χ1) is 10.1. The number of hydrogen-bond acceptors (Lipinski definition) is 2. The summed E-state index contributed by atoms with van der Waals surface area (Å²) in [5.41, 5.74) is 1.82. The van der Waals surface area contributed by atoms with E-state index in [2.05, 4.69) is 23.7 Å². The predicted octanol–water partition coefficient (Wildman–Crippen LogP) is 4.68. The Hall–Kier alpha value is -1.00. The predicted molar refractivity (Wildman–Crippen MR) is 89.4 cm³/mol. The SMILES string of the molecule is CCn1c(C(=O)NC2CCC(C)CC2)cc2sc(Cl)cc21. The molecule has 1 aliphatic rings. The van der Waals surface area contributed by atoms with Crippen LogP contribution in [0, 0.1) is 5.92 Å². The van der Waals surface area contributed by atoms with Gasteiger partial charge in [0, 0.05) is 12.6 Å². The van der Waals surface area contributed by atoms with Crippen LogP contribution in [0.5, 0.6) is 0 Å². The maximum atomic E-state index is 12.6. The van der Waals surface area contributed by atoms with Crippen LogP contribution in [-0.2, 0) is 6.54 Å².